The average molecular weight is 543 g/mol. The highest BCUT2D eigenvalue weighted by atomic mass is 16.2. The molecule has 0 aliphatic carbocycles. The van der Waals surface area contributed by atoms with E-state index in [1.54, 1.807) is 25.1 Å². The van der Waals surface area contributed by atoms with Gasteiger partial charge in [0.25, 0.3) is 0 Å². The molecular weight excluding hydrogens is 500 g/mol. The Morgan fingerprint density at radius 3 is 2.17 bits per heavy atom. The van der Waals surface area contributed by atoms with Crippen LogP contribution in [0.4, 0.5) is 0 Å². The van der Waals surface area contributed by atoms with Crippen LogP contribution < -0.4 is 11.1 Å². The van der Waals surface area contributed by atoms with Crippen LogP contribution in [0.3, 0.4) is 0 Å². The molecule has 0 unspecified atom stereocenters. The zero-order valence-electron chi connectivity index (χ0n) is 24.3. The molecular formula is C33H42N4O3. The number of amides is 3. The maximum atomic E-state index is 14.1. The van der Waals surface area contributed by atoms with Crippen molar-refractivity contribution in [3.05, 3.63) is 96.1 Å². The largest absolute Gasteiger partial charge is 0.354 e. The molecule has 3 aromatic rings. The number of rotatable bonds is 12. The summed E-state index contributed by atoms with van der Waals surface area (Å²) in [5, 5.41) is 5.06. The number of fused-ring (bicyclic) bond motifs is 1. The summed E-state index contributed by atoms with van der Waals surface area (Å²) in [6.45, 7) is 5.56. The Labute approximate surface area is 238 Å². The lowest BCUT2D eigenvalue weighted by atomic mass is 9.98. The van der Waals surface area contributed by atoms with Gasteiger partial charge in [-0.05, 0) is 54.7 Å². The summed E-state index contributed by atoms with van der Waals surface area (Å²) in [6, 6.07) is 23.0. The Morgan fingerprint density at radius 2 is 1.52 bits per heavy atom. The molecule has 0 aliphatic heterocycles. The van der Waals surface area contributed by atoms with E-state index in [-0.39, 0.29) is 23.8 Å². The van der Waals surface area contributed by atoms with Gasteiger partial charge in [0.15, 0.2) is 0 Å². The van der Waals surface area contributed by atoms with Crippen molar-refractivity contribution in [1.82, 2.24) is 15.1 Å². The van der Waals surface area contributed by atoms with E-state index in [2.05, 4.69) is 11.4 Å². The molecule has 7 heteroatoms. The van der Waals surface area contributed by atoms with E-state index in [9.17, 15) is 14.4 Å². The van der Waals surface area contributed by atoms with Gasteiger partial charge in [-0.15, -0.1) is 0 Å². The van der Waals surface area contributed by atoms with E-state index in [4.69, 9.17) is 5.73 Å². The fourth-order valence-electron chi connectivity index (χ4n) is 4.62. The number of hydrogen-bond donors (Lipinski definition) is 2. The summed E-state index contributed by atoms with van der Waals surface area (Å²) < 4.78 is 0. The summed E-state index contributed by atoms with van der Waals surface area (Å²) in [5.41, 5.74) is 7.65. The quantitative estimate of drug-likeness (QED) is 0.337. The highest BCUT2D eigenvalue weighted by Crippen LogP contribution is 2.20. The Balaban J connectivity index is 1.91. The third-order valence-electron chi connectivity index (χ3n) is 7.04. The molecule has 0 heterocycles. The normalized spacial score (nSPS) is 13.2. The third-order valence-corrected chi connectivity index (χ3v) is 7.04. The monoisotopic (exact) mass is 542 g/mol. The van der Waals surface area contributed by atoms with Gasteiger partial charge in [-0.1, -0.05) is 78.9 Å². The average Bonchev–Trinajstić information content (AvgIpc) is 2.92. The van der Waals surface area contributed by atoms with Crippen LogP contribution in [0.15, 0.2) is 84.9 Å². The molecule has 0 aromatic heterocycles. The molecule has 0 radical (unpaired) electrons. The molecule has 0 saturated carbocycles. The zero-order chi connectivity index (χ0) is 29.3. The molecule has 7 nitrogen and oxygen atoms in total. The Hall–Kier alpha value is -3.97. The van der Waals surface area contributed by atoms with Crippen LogP contribution in [-0.4, -0.2) is 65.8 Å². The molecule has 3 aromatic carbocycles. The van der Waals surface area contributed by atoms with Crippen molar-refractivity contribution in [2.24, 2.45) is 5.73 Å². The van der Waals surface area contributed by atoms with Gasteiger partial charge in [0, 0.05) is 39.5 Å². The summed E-state index contributed by atoms with van der Waals surface area (Å²) in [6.07, 6.45) is 4.70. The van der Waals surface area contributed by atoms with E-state index >= 15 is 0 Å². The summed E-state index contributed by atoms with van der Waals surface area (Å²) >= 11 is 0. The first kappa shape index (κ1) is 30.6. The smallest absolute Gasteiger partial charge is 0.246 e. The Bertz CT molecular complexity index is 1330. The molecule has 0 fully saturated rings. The van der Waals surface area contributed by atoms with Crippen LogP contribution in [0.5, 0.6) is 0 Å². The Kier molecular flexibility index (Phi) is 10.6. The van der Waals surface area contributed by atoms with Gasteiger partial charge in [0.2, 0.25) is 17.7 Å². The fraction of sp³-hybridized carbons (Fsp3) is 0.364. The number of carbonyl (C=O) groups excluding carboxylic acids is 3. The molecule has 212 valence electrons. The predicted molar refractivity (Wildman–Crippen MR) is 162 cm³/mol. The van der Waals surface area contributed by atoms with Crippen molar-refractivity contribution in [2.75, 3.05) is 20.6 Å². The lowest BCUT2D eigenvalue weighted by molar-refractivity contribution is -0.143. The van der Waals surface area contributed by atoms with E-state index < -0.39 is 11.6 Å². The Morgan fingerprint density at radius 1 is 0.875 bits per heavy atom. The molecule has 2 atom stereocenters. The number of benzene rings is 3. The second-order valence-electron chi connectivity index (χ2n) is 11.2. The fourth-order valence-corrected chi connectivity index (χ4v) is 4.62. The van der Waals surface area contributed by atoms with Crippen molar-refractivity contribution in [3.8, 4) is 0 Å². The molecule has 0 saturated heterocycles. The van der Waals surface area contributed by atoms with Crippen LogP contribution in [0, 0.1) is 0 Å². The second-order valence-corrected chi connectivity index (χ2v) is 11.2. The van der Waals surface area contributed by atoms with E-state index in [0.717, 1.165) is 21.9 Å². The van der Waals surface area contributed by atoms with Crippen LogP contribution in [-0.2, 0) is 27.2 Å². The first-order chi connectivity index (χ1) is 18.9. The van der Waals surface area contributed by atoms with Crippen molar-refractivity contribution in [2.45, 2.75) is 57.7 Å². The third kappa shape index (κ3) is 9.06. The first-order valence-electron chi connectivity index (χ1n) is 13.7. The summed E-state index contributed by atoms with van der Waals surface area (Å²) in [5.74, 6) is -0.618. The van der Waals surface area contributed by atoms with Crippen LogP contribution in [0.2, 0.25) is 0 Å². The second kappa shape index (κ2) is 13.9. The first-order valence-corrected chi connectivity index (χ1v) is 13.7. The minimum Gasteiger partial charge on any atom is -0.354 e. The van der Waals surface area contributed by atoms with Crippen molar-refractivity contribution in [3.63, 3.8) is 0 Å². The number of carbonyl (C=O) groups is 3. The number of nitrogens with two attached hydrogens (primary N) is 1. The summed E-state index contributed by atoms with van der Waals surface area (Å²) in [7, 11) is 3.41. The van der Waals surface area contributed by atoms with Gasteiger partial charge in [-0.25, -0.2) is 0 Å². The molecule has 3 rings (SSSR count). The van der Waals surface area contributed by atoms with Gasteiger partial charge < -0.3 is 20.9 Å². The number of nitrogens with zero attached hydrogens (tertiary/aromatic N) is 2. The maximum Gasteiger partial charge on any atom is 0.246 e. The van der Waals surface area contributed by atoms with Gasteiger partial charge in [-0.3, -0.25) is 14.4 Å². The van der Waals surface area contributed by atoms with Crippen molar-refractivity contribution in [1.29, 1.82) is 0 Å². The van der Waals surface area contributed by atoms with Gasteiger partial charge >= 0.3 is 0 Å². The highest BCUT2D eigenvalue weighted by Gasteiger charge is 2.32. The van der Waals surface area contributed by atoms with Crippen molar-refractivity contribution >= 4 is 28.5 Å². The zero-order valence-corrected chi connectivity index (χ0v) is 24.3. The minimum atomic E-state index is -0.746. The van der Waals surface area contributed by atoms with Crippen LogP contribution >= 0.6 is 0 Å². The topological polar surface area (TPSA) is 95.7 Å². The SMILES string of the molecule is CC(=O)NC[C@@H](Cc1ccccc1)N(C)C(=O)[C@@H](Cc1ccc2ccccc2c1)N(C)C(=O)/C=C/CC(C)(C)N. The summed E-state index contributed by atoms with van der Waals surface area (Å²) in [4.78, 5) is 42.3. The van der Waals surface area contributed by atoms with Crippen molar-refractivity contribution < 1.29 is 14.4 Å². The molecule has 40 heavy (non-hydrogen) atoms. The van der Waals surface area contributed by atoms with E-state index in [0.29, 0.717) is 25.8 Å². The molecule has 0 spiro atoms. The lowest BCUT2D eigenvalue weighted by Crippen LogP contribution is -2.54. The molecule has 3 amide bonds. The van der Waals surface area contributed by atoms with E-state index in [1.807, 2.05) is 80.6 Å². The number of nitrogens with one attached hydrogen (secondary N) is 1. The number of hydrogen-bond acceptors (Lipinski definition) is 4. The van der Waals surface area contributed by atoms with Crippen LogP contribution in [0.25, 0.3) is 10.8 Å². The van der Waals surface area contributed by atoms with Gasteiger partial charge in [0.1, 0.15) is 6.04 Å². The predicted octanol–water partition coefficient (Wildman–Crippen LogP) is 4.10. The van der Waals surface area contributed by atoms with Crippen LogP contribution in [0.1, 0.15) is 38.3 Å². The molecule has 0 aliphatic rings. The molecule has 3 N–H and O–H groups in total. The number of likely N-dealkylation sites (N-methyl/N-ethyl adjacent to an activating group) is 2. The minimum absolute atomic E-state index is 0.160. The maximum absolute atomic E-state index is 14.1. The standard InChI is InChI=1S/C33H42N4O3/c1-24(38)35-23-29(21-25-12-7-6-8-13-25)36(4)32(40)30(37(5)31(39)16-11-19-33(2,3)34)22-26-17-18-27-14-9-10-15-28(27)20-26/h6-18,20,29-30H,19,21-23,34H2,1-5H3,(H,35,38)/b16-11+/t29-,30-/m1/s1. The highest BCUT2D eigenvalue weighted by molar-refractivity contribution is 5.93. The van der Waals surface area contributed by atoms with Gasteiger partial charge in [-0.2, -0.15) is 0 Å². The molecule has 0 bridgehead atoms. The lowest BCUT2D eigenvalue weighted by Gasteiger charge is -2.35. The van der Waals surface area contributed by atoms with Gasteiger partial charge in [0.05, 0.1) is 6.04 Å². The van der Waals surface area contributed by atoms with E-state index in [1.165, 1.54) is 17.9 Å².